The molecule has 3 nitrogen and oxygen atoms in total. The lowest BCUT2D eigenvalue weighted by atomic mass is 10.2. The fraction of sp³-hybridized carbons (Fsp3) is 0.562. The van der Waals surface area contributed by atoms with Crippen molar-refractivity contribution in [2.24, 2.45) is 0 Å². The SMILES string of the molecule is CC(C)NCc1ccc(SCCCC(=O)N(C)C)cc1. The summed E-state index contributed by atoms with van der Waals surface area (Å²) in [5.74, 6) is 1.20. The summed E-state index contributed by atoms with van der Waals surface area (Å²) in [5, 5.41) is 3.41. The second-order valence-electron chi connectivity index (χ2n) is 5.42. The van der Waals surface area contributed by atoms with Crippen LogP contribution in [0.4, 0.5) is 0 Å². The van der Waals surface area contributed by atoms with Gasteiger partial charge in [-0.2, -0.15) is 0 Å². The summed E-state index contributed by atoms with van der Waals surface area (Å²) in [6, 6.07) is 9.18. The number of amides is 1. The molecule has 0 saturated heterocycles. The van der Waals surface area contributed by atoms with Crippen molar-refractivity contribution in [2.75, 3.05) is 19.8 Å². The summed E-state index contributed by atoms with van der Waals surface area (Å²) < 4.78 is 0. The van der Waals surface area contributed by atoms with Gasteiger partial charge in [-0.1, -0.05) is 26.0 Å². The summed E-state index contributed by atoms with van der Waals surface area (Å²) >= 11 is 1.82. The van der Waals surface area contributed by atoms with E-state index in [1.54, 1.807) is 19.0 Å². The average Bonchev–Trinajstić information content (AvgIpc) is 2.42. The summed E-state index contributed by atoms with van der Waals surface area (Å²) in [5.41, 5.74) is 1.31. The number of hydrogen-bond donors (Lipinski definition) is 1. The van der Waals surface area contributed by atoms with Crippen LogP contribution in [0.25, 0.3) is 0 Å². The van der Waals surface area contributed by atoms with E-state index in [0.717, 1.165) is 18.7 Å². The van der Waals surface area contributed by atoms with Gasteiger partial charge in [0.15, 0.2) is 0 Å². The van der Waals surface area contributed by atoms with E-state index in [9.17, 15) is 4.79 Å². The Balaban J connectivity index is 2.26. The zero-order valence-electron chi connectivity index (χ0n) is 13.0. The summed E-state index contributed by atoms with van der Waals surface area (Å²) in [6.07, 6.45) is 1.56. The third-order valence-electron chi connectivity index (χ3n) is 2.94. The van der Waals surface area contributed by atoms with Crippen LogP contribution in [0.5, 0.6) is 0 Å². The molecular formula is C16H26N2OS. The number of thioether (sulfide) groups is 1. The summed E-state index contributed by atoms with van der Waals surface area (Å²) in [7, 11) is 3.61. The lowest BCUT2D eigenvalue weighted by Gasteiger charge is -2.10. The highest BCUT2D eigenvalue weighted by Crippen LogP contribution is 2.20. The zero-order chi connectivity index (χ0) is 15.0. The first-order chi connectivity index (χ1) is 9.49. The van der Waals surface area contributed by atoms with Gasteiger partial charge in [0.25, 0.3) is 0 Å². The molecule has 0 bridgehead atoms. The van der Waals surface area contributed by atoms with Crippen LogP contribution in [0.15, 0.2) is 29.2 Å². The molecule has 0 aliphatic rings. The van der Waals surface area contributed by atoms with Crippen LogP contribution in [0.3, 0.4) is 0 Å². The van der Waals surface area contributed by atoms with Gasteiger partial charge in [0.05, 0.1) is 0 Å². The Hall–Kier alpha value is -1.00. The van der Waals surface area contributed by atoms with E-state index < -0.39 is 0 Å². The molecule has 0 heterocycles. The first-order valence-electron chi connectivity index (χ1n) is 7.14. The van der Waals surface area contributed by atoms with Gasteiger partial charge in [-0.05, 0) is 29.9 Å². The second-order valence-corrected chi connectivity index (χ2v) is 6.59. The lowest BCUT2D eigenvalue weighted by molar-refractivity contribution is -0.128. The minimum atomic E-state index is 0.209. The highest BCUT2D eigenvalue weighted by molar-refractivity contribution is 7.99. The fourth-order valence-corrected chi connectivity index (χ4v) is 2.52. The number of nitrogens with one attached hydrogen (secondary N) is 1. The van der Waals surface area contributed by atoms with Gasteiger partial charge < -0.3 is 10.2 Å². The van der Waals surface area contributed by atoms with E-state index in [4.69, 9.17) is 0 Å². The Morgan fingerprint density at radius 1 is 1.25 bits per heavy atom. The van der Waals surface area contributed by atoms with Crippen molar-refractivity contribution in [3.63, 3.8) is 0 Å². The molecule has 1 rings (SSSR count). The van der Waals surface area contributed by atoms with Gasteiger partial charge in [0.1, 0.15) is 0 Å². The third-order valence-corrected chi connectivity index (χ3v) is 4.04. The van der Waals surface area contributed by atoms with Crippen LogP contribution in [-0.4, -0.2) is 36.7 Å². The molecular weight excluding hydrogens is 268 g/mol. The largest absolute Gasteiger partial charge is 0.349 e. The second kappa shape index (κ2) is 9.03. The van der Waals surface area contributed by atoms with Gasteiger partial charge in [-0.25, -0.2) is 0 Å². The van der Waals surface area contributed by atoms with Crippen LogP contribution < -0.4 is 5.32 Å². The van der Waals surface area contributed by atoms with Crippen molar-refractivity contribution in [3.05, 3.63) is 29.8 Å². The van der Waals surface area contributed by atoms with E-state index in [1.165, 1.54) is 10.5 Å². The maximum absolute atomic E-state index is 11.4. The van der Waals surface area contributed by atoms with Gasteiger partial charge in [-0.15, -0.1) is 11.8 Å². The van der Waals surface area contributed by atoms with Gasteiger partial charge in [0.2, 0.25) is 5.91 Å². The molecule has 0 aromatic heterocycles. The Morgan fingerprint density at radius 2 is 1.90 bits per heavy atom. The maximum atomic E-state index is 11.4. The highest BCUT2D eigenvalue weighted by Gasteiger charge is 2.03. The molecule has 1 aromatic rings. The Kier molecular flexibility index (Phi) is 7.70. The molecule has 0 spiro atoms. The van der Waals surface area contributed by atoms with Crippen LogP contribution in [-0.2, 0) is 11.3 Å². The lowest BCUT2D eigenvalue weighted by Crippen LogP contribution is -2.21. The van der Waals surface area contributed by atoms with Gasteiger partial charge >= 0.3 is 0 Å². The zero-order valence-corrected chi connectivity index (χ0v) is 13.8. The number of hydrogen-bond acceptors (Lipinski definition) is 3. The molecule has 0 aliphatic carbocycles. The molecule has 0 saturated carbocycles. The van der Waals surface area contributed by atoms with Crippen LogP contribution in [0.2, 0.25) is 0 Å². The number of nitrogens with zero attached hydrogens (tertiary/aromatic N) is 1. The maximum Gasteiger partial charge on any atom is 0.222 e. The van der Waals surface area contributed by atoms with Crippen molar-refractivity contribution < 1.29 is 4.79 Å². The minimum Gasteiger partial charge on any atom is -0.349 e. The first-order valence-corrected chi connectivity index (χ1v) is 8.13. The van der Waals surface area contributed by atoms with Crippen molar-refractivity contribution in [3.8, 4) is 0 Å². The molecule has 0 fully saturated rings. The predicted octanol–water partition coefficient (Wildman–Crippen LogP) is 3.15. The van der Waals surface area contributed by atoms with Crippen molar-refractivity contribution >= 4 is 17.7 Å². The number of carbonyl (C=O) groups excluding carboxylic acids is 1. The molecule has 20 heavy (non-hydrogen) atoms. The third kappa shape index (κ3) is 6.96. The fourth-order valence-electron chi connectivity index (χ4n) is 1.66. The molecule has 0 aliphatic heterocycles. The minimum absolute atomic E-state index is 0.209. The molecule has 4 heteroatoms. The van der Waals surface area contributed by atoms with Crippen LogP contribution in [0, 0.1) is 0 Å². The normalized spacial score (nSPS) is 10.8. The molecule has 1 aromatic carbocycles. The Labute approximate surface area is 127 Å². The Morgan fingerprint density at radius 3 is 2.45 bits per heavy atom. The van der Waals surface area contributed by atoms with Crippen molar-refractivity contribution in [1.29, 1.82) is 0 Å². The molecule has 112 valence electrons. The van der Waals surface area contributed by atoms with Crippen molar-refractivity contribution in [1.82, 2.24) is 10.2 Å². The van der Waals surface area contributed by atoms with E-state index in [0.29, 0.717) is 12.5 Å². The standard InChI is InChI=1S/C16H26N2OS/c1-13(2)17-12-14-7-9-15(10-8-14)20-11-5-6-16(19)18(3)4/h7-10,13,17H,5-6,11-12H2,1-4H3. The number of carbonyl (C=O) groups is 1. The van der Waals surface area contributed by atoms with E-state index in [1.807, 2.05) is 11.8 Å². The van der Waals surface area contributed by atoms with Gasteiger partial charge in [0, 0.05) is 38.0 Å². The smallest absolute Gasteiger partial charge is 0.222 e. The van der Waals surface area contributed by atoms with Crippen LogP contribution >= 0.6 is 11.8 Å². The van der Waals surface area contributed by atoms with E-state index in [2.05, 4.69) is 43.4 Å². The highest BCUT2D eigenvalue weighted by atomic mass is 32.2. The number of rotatable bonds is 8. The number of benzene rings is 1. The monoisotopic (exact) mass is 294 g/mol. The van der Waals surface area contributed by atoms with Gasteiger partial charge in [-0.3, -0.25) is 4.79 Å². The summed E-state index contributed by atoms with van der Waals surface area (Å²) in [4.78, 5) is 14.4. The molecule has 1 amide bonds. The van der Waals surface area contributed by atoms with E-state index >= 15 is 0 Å². The predicted molar refractivity (Wildman–Crippen MR) is 87.1 cm³/mol. The van der Waals surface area contributed by atoms with Crippen LogP contribution in [0.1, 0.15) is 32.3 Å². The topological polar surface area (TPSA) is 32.3 Å². The Bertz CT molecular complexity index is 401. The quantitative estimate of drug-likeness (QED) is 0.590. The first kappa shape index (κ1) is 17.1. The average molecular weight is 294 g/mol. The summed E-state index contributed by atoms with van der Waals surface area (Å²) in [6.45, 7) is 5.22. The molecule has 0 atom stereocenters. The molecule has 0 radical (unpaired) electrons. The van der Waals surface area contributed by atoms with Crippen molar-refractivity contribution in [2.45, 2.75) is 44.2 Å². The molecule has 0 unspecified atom stereocenters. The van der Waals surface area contributed by atoms with E-state index in [-0.39, 0.29) is 5.91 Å². The molecule has 1 N–H and O–H groups in total.